The second-order valence-corrected chi connectivity index (χ2v) is 6.10. The Bertz CT molecular complexity index is 813. The summed E-state index contributed by atoms with van der Waals surface area (Å²) in [6, 6.07) is 12.0. The minimum atomic E-state index is -4.69. The molecule has 0 atom stereocenters. The first-order chi connectivity index (χ1) is 13.3. The Kier molecular flexibility index (Phi) is 7.69. The maximum Gasteiger partial charge on any atom is 0.418 e. The van der Waals surface area contributed by atoms with Crippen molar-refractivity contribution >= 4 is 29.2 Å². The van der Waals surface area contributed by atoms with Crippen molar-refractivity contribution in [2.45, 2.75) is 19.0 Å². The fraction of sp³-hybridized carbons (Fsp3) is 0.263. The number of hydrogen-bond acceptors (Lipinski definition) is 4. The summed E-state index contributed by atoms with van der Waals surface area (Å²) >= 11 is 5.57. The average Bonchev–Trinajstić information content (AvgIpc) is 2.65. The number of carbonyl (C=O) groups is 2. The first kappa shape index (κ1) is 21.6. The van der Waals surface area contributed by atoms with E-state index in [1.54, 1.807) is 12.1 Å². The normalized spacial score (nSPS) is 11.0. The molecule has 0 bridgehead atoms. The fourth-order valence-electron chi connectivity index (χ4n) is 2.19. The van der Waals surface area contributed by atoms with Crippen LogP contribution in [0.5, 0.6) is 5.75 Å². The van der Waals surface area contributed by atoms with Crippen molar-refractivity contribution in [2.75, 3.05) is 18.5 Å². The summed E-state index contributed by atoms with van der Waals surface area (Å²) in [5.74, 6) is -0.876. The van der Waals surface area contributed by atoms with Crippen LogP contribution in [0.4, 0.5) is 18.9 Å². The highest BCUT2D eigenvalue weighted by Gasteiger charge is 2.34. The van der Waals surface area contributed by atoms with Crippen molar-refractivity contribution in [3.8, 4) is 5.75 Å². The fourth-order valence-corrected chi connectivity index (χ4v) is 2.36. The van der Waals surface area contributed by atoms with E-state index in [-0.39, 0.29) is 18.1 Å². The molecule has 2 aromatic rings. The van der Waals surface area contributed by atoms with Gasteiger partial charge in [-0.3, -0.25) is 9.59 Å². The van der Waals surface area contributed by atoms with Gasteiger partial charge in [0.1, 0.15) is 5.75 Å². The maximum atomic E-state index is 13.0. The van der Waals surface area contributed by atoms with Gasteiger partial charge >= 0.3 is 12.1 Å². The number of ether oxygens (including phenoxy) is 2. The van der Waals surface area contributed by atoms with Crippen molar-refractivity contribution in [2.24, 2.45) is 0 Å². The lowest BCUT2D eigenvalue weighted by Gasteiger charge is -2.14. The lowest BCUT2D eigenvalue weighted by molar-refractivity contribution is -0.147. The minimum absolute atomic E-state index is 0.00879. The molecule has 0 saturated heterocycles. The van der Waals surface area contributed by atoms with Gasteiger partial charge in [0.05, 0.1) is 17.9 Å². The summed E-state index contributed by atoms with van der Waals surface area (Å²) in [4.78, 5) is 23.4. The molecular formula is C19H17ClF3NO4. The van der Waals surface area contributed by atoms with Crippen LogP contribution in [0, 0.1) is 0 Å². The first-order valence-corrected chi connectivity index (χ1v) is 8.63. The lowest BCUT2D eigenvalue weighted by atomic mass is 10.1. The van der Waals surface area contributed by atoms with Gasteiger partial charge < -0.3 is 14.8 Å². The molecule has 150 valence electrons. The number of esters is 1. The number of benzene rings is 2. The highest BCUT2D eigenvalue weighted by Crippen LogP contribution is 2.36. The monoisotopic (exact) mass is 415 g/mol. The maximum absolute atomic E-state index is 13.0. The van der Waals surface area contributed by atoms with Crippen LogP contribution >= 0.6 is 11.6 Å². The summed E-state index contributed by atoms with van der Waals surface area (Å²) in [6.45, 7) is -0.413. The van der Waals surface area contributed by atoms with E-state index >= 15 is 0 Å². The van der Waals surface area contributed by atoms with Gasteiger partial charge in [-0.15, -0.1) is 0 Å². The molecule has 0 fully saturated rings. The van der Waals surface area contributed by atoms with Gasteiger partial charge in [-0.2, -0.15) is 13.2 Å². The van der Waals surface area contributed by atoms with E-state index in [0.717, 1.165) is 6.07 Å². The van der Waals surface area contributed by atoms with Crippen LogP contribution in [-0.2, 0) is 20.5 Å². The summed E-state index contributed by atoms with van der Waals surface area (Å²) in [6.07, 6.45) is -4.32. The van der Waals surface area contributed by atoms with Crippen molar-refractivity contribution in [1.29, 1.82) is 0 Å². The van der Waals surface area contributed by atoms with Crippen LogP contribution < -0.4 is 10.1 Å². The van der Waals surface area contributed by atoms with Crippen molar-refractivity contribution in [1.82, 2.24) is 0 Å². The van der Waals surface area contributed by atoms with Gasteiger partial charge in [0.25, 0.3) is 5.91 Å². The molecule has 2 aromatic carbocycles. The molecule has 0 spiro atoms. The Balaban J connectivity index is 1.74. The molecule has 1 amide bonds. The van der Waals surface area contributed by atoms with Crippen LogP contribution in [-0.4, -0.2) is 25.1 Å². The van der Waals surface area contributed by atoms with Gasteiger partial charge in [-0.25, -0.2) is 0 Å². The molecular weight excluding hydrogens is 399 g/mol. The number of carbonyl (C=O) groups excluding carboxylic acids is 2. The Morgan fingerprint density at radius 2 is 1.79 bits per heavy atom. The summed E-state index contributed by atoms with van der Waals surface area (Å²) in [5.41, 5.74) is -1.55. The van der Waals surface area contributed by atoms with Crippen molar-refractivity contribution in [3.05, 3.63) is 59.1 Å². The predicted molar refractivity (Wildman–Crippen MR) is 97.2 cm³/mol. The van der Waals surface area contributed by atoms with Crippen LogP contribution in [0.2, 0.25) is 5.02 Å². The standard InChI is InChI=1S/C19H17ClF3NO4/c20-13-8-9-16(15(11-13)19(21,22)23)24-17(25)12-28-18(26)7-4-10-27-14-5-2-1-3-6-14/h1-3,5-6,8-9,11H,4,7,10,12H2,(H,24,25). The molecule has 1 N–H and O–H groups in total. The largest absolute Gasteiger partial charge is 0.494 e. The number of hydrogen-bond donors (Lipinski definition) is 1. The molecule has 0 heterocycles. The van der Waals surface area contributed by atoms with Gasteiger partial charge in [-0.1, -0.05) is 29.8 Å². The smallest absolute Gasteiger partial charge is 0.418 e. The molecule has 2 rings (SSSR count). The Morgan fingerprint density at radius 1 is 1.07 bits per heavy atom. The Labute approximate surface area is 164 Å². The SMILES string of the molecule is O=C(COC(=O)CCCOc1ccccc1)Nc1ccc(Cl)cc1C(F)(F)F. The molecule has 0 aliphatic rings. The molecule has 9 heteroatoms. The molecule has 0 aliphatic heterocycles. The number of para-hydroxylation sites is 1. The highest BCUT2D eigenvalue weighted by atomic mass is 35.5. The third-order valence-corrected chi connectivity index (χ3v) is 3.70. The Hall–Kier alpha value is -2.74. The zero-order valence-corrected chi connectivity index (χ0v) is 15.3. The van der Waals surface area contributed by atoms with Crippen LogP contribution in [0.3, 0.4) is 0 Å². The van der Waals surface area contributed by atoms with E-state index in [1.807, 2.05) is 18.2 Å². The number of nitrogens with one attached hydrogen (secondary N) is 1. The first-order valence-electron chi connectivity index (χ1n) is 8.26. The molecule has 0 aliphatic carbocycles. The van der Waals surface area contributed by atoms with E-state index in [0.29, 0.717) is 18.2 Å². The van der Waals surface area contributed by atoms with E-state index in [4.69, 9.17) is 21.1 Å². The number of amides is 1. The molecule has 28 heavy (non-hydrogen) atoms. The van der Waals surface area contributed by atoms with E-state index < -0.39 is 35.9 Å². The van der Waals surface area contributed by atoms with E-state index in [9.17, 15) is 22.8 Å². The third kappa shape index (κ3) is 7.11. The topological polar surface area (TPSA) is 64.6 Å². The number of alkyl halides is 3. The molecule has 5 nitrogen and oxygen atoms in total. The van der Waals surface area contributed by atoms with Crippen LogP contribution in [0.1, 0.15) is 18.4 Å². The van der Waals surface area contributed by atoms with Crippen molar-refractivity contribution in [3.63, 3.8) is 0 Å². The second kappa shape index (κ2) is 9.98. The molecule has 0 unspecified atom stereocenters. The molecule has 0 aromatic heterocycles. The van der Waals surface area contributed by atoms with Crippen molar-refractivity contribution < 1.29 is 32.2 Å². The number of anilines is 1. The van der Waals surface area contributed by atoms with Gasteiger partial charge in [0, 0.05) is 11.4 Å². The zero-order chi connectivity index (χ0) is 20.6. The van der Waals surface area contributed by atoms with Gasteiger partial charge in [-0.05, 0) is 36.8 Å². The number of rotatable bonds is 8. The minimum Gasteiger partial charge on any atom is -0.494 e. The van der Waals surface area contributed by atoms with Crippen LogP contribution in [0.25, 0.3) is 0 Å². The summed E-state index contributed by atoms with van der Waals surface area (Å²) in [7, 11) is 0. The molecule has 0 radical (unpaired) electrons. The average molecular weight is 416 g/mol. The lowest BCUT2D eigenvalue weighted by Crippen LogP contribution is -2.22. The van der Waals surface area contributed by atoms with E-state index in [2.05, 4.69) is 5.32 Å². The van der Waals surface area contributed by atoms with Gasteiger partial charge in [0.2, 0.25) is 0 Å². The molecule has 0 saturated carbocycles. The Morgan fingerprint density at radius 3 is 2.46 bits per heavy atom. The van der Waals surface area contributed by atoms with E-state index in [1.165, 1.54) is 6.07 Å². The zero-order valence-electron chi connectivity index (χ0n) is 14.6. The number of halogens is 4. The highest BCUT2D eigenvalue weighted by molar-refractivity contribution is 6.30. The summed E-state index contributed by atoms with van der Waals surface area (Å²) < 4.78 is 49.1. The third-order valence-electron chi connectivity index (χ3n) is 3.46. The quantitative estimate of drug-likeness (QED) is 0.501. The second-order valence-electron chi connectivity index (χ2n) is 5.66. The van der Waals surface area contributed by atoms with Gasteiger partial charge in [0.15, 0.2) is 6.61 Å². The van der Waals surface area contributed by atoms with Crippen LogP contribution in [0.15, 0.2) is 48.5 Å². The predicted octanol–water partition coefficient (Wildman–Crippen LogP) is 4.70. The summed E-state index contributed by atoms with van der Waals surface area (Å²) in [5, 5.41) is 1.95.